The number of anilines is 3. The summed E-state index contributed by atoms with van der Waals surface area (Å²) < 4.78 is 17.7. The Morgan fingerprint density at radius 2 is 1.87 bits per heavy atom. The molecule has 0 unspecified atom stereocenters. The van der Waals surface area contributed by atoms with E-state index >= 15 is 0 Å². The van der Waals surface area contributed by atoms with Gasteiger partial charge in [-0.05, 0) is 24.3 Å². The second-order valence-electron chi connectivity index (χ2n) is 6.24. The third-order valence-corrected chi connectivity index (χ3v) is 4.31. The molecule has 0 amide bonds. The van der Waals surface area contributed by atoms with Crippen LogP contribution in [0, 0.1) is 0 Å². The molecule has 2 aromatic heterocycles. The van der Waals surface area contributed by atoms with Gasteiger partial charge in [0.05, 0.1) is 24.8 Å². The van der Waals surface area contributed by atoms with Crippen LogP contribution in [-0.4, -0.2) is 51.9 Å². The van der Waals surface area contributed by atoms with Gasteiger partial charge in [0, 0.05) is 18.9 Å². The van der Waals surface area contributed by atoms with Crippen LogP contribution < -0.4 is 20.5 Å². The SMILES string of the molecule is COCCOc1ccc(Nc2ncnc(-n3c(N)nc4ccccc43)n2)cc1OC. The fourth-order valence-electron chi connectivity index (χ4n) is 2.94. The minimum absolute atomic E-state index is 0.299. The normalized spacial score (nSPS) is 10.9. The molecule has 10 heteroatoms. The first-order chi connectivity index (χ1) is 14.7. The molecule has 0 aliphatic carbocycles. The van der Waals surface area contributed by atoms with Crippen LogP contribution in [0.5, 0.6) is 11.5 Å². The van der Waals surface area contributed by atoms with E-state index in [1.165, 1.54) is 6.33 Å². The lowest BCUT2D eigenvalue weighted by atomic mass is 10.2. The van der Waals surface area contributed by atoms with Gasteiger partial charge in [0.1, 0.15) is 12.9 Å². The van der Waals surface area contributed by atoms with Gasteiger partial charge in [0.2, 0.25) is 17.8 Å². The van der Waals surface area contributed by atoms with Gasteiger partial charge in [-0.1, -0.05) is 12.1 Å². The number of hydrogen-bond donors (Lipinski definition) is 2. The van der Waals surface area contributed by atoms with Gasteiger partial charge in [-0.2, -0.15) is 4.98 Å². The van der Waals surface area contributed by atoms with E-state index in [2.05, 4.69) is 25.3 Å². The Kier molecular flexibility index (Phi) is 5.57. The number of nitrogens with zero attached hydrogens (tertiary/aromatic N) is 5. The van der Waals surface area contributed by atoms with Crippen molar-refractivity contribution in [1.82, 2.24) is 24.5 Å². The van der Waals surface area contributed by atoms with Gasteiger partial charge in [-0.25, -0.2) is 19.5 Å². The number of nitrogen functional groups attached to an aromatic ring is 1. The highest BCUT2D eigenvalue weighted by Gasteiger charge is 2.13. The molecule has 2 heterocycles. The van der Waals surface area contributed by atoms with Gasteiger partial charge in [0.15, 0.2) is 11.5 Å². The summed E-state index contributed by atoms with van der Waals surface area (Å²) in [5.41, 5.74) is 8.39. The van der Waals surface area contributed by atoms with Crippen LogP contribution in [-0.2, 0) is 4.74 Å². The maximum atomic E-state index is 6.08. The Balaban J connectivity index is 1.60. The van der Waals surface area contributed by atoms with Crippen LogP contribution in [0.15, 0.2) is 48.8 Å². The standard InChI is InChI=1S/C20H21N7O3/c1-28-9-10-30-16-8-7-13(11-17(16)29-2)24-19-22-12-23-20(26-19)27-15-6-4-3-5-14(15)25-18(27)21/h3-8,11-12H,9-10H2,1-2H3,(H2,21,25)(H,22,23,24,26). The highest BCUT2D eigenvalue weighted by atomic mass is 16.5. The van der Waals surface area contributed by atoms with Crippen molar-refractivity contribution in [1.29, 1.82) is 0 Å². The van der Waals surface area contributed by atoms with Gasteiger partial charge >= 0.3 is 0 Å². The maximum Gasteiger partial charge on any atom is 0.241 e. The van der Waals surface area contributed by atoms with E-state index < -0.39 is 0 Å². The van der Waals surface area contributed by atoms with Crippen molar-refractivity contribution >= 4 is 28.6 Å². The summed E-state index contributed by atoms with van der Waals surface area (Å²) in [6.07, 6.45) is 1.42. The maximum absolute atomic E-state index is 6.08. The molecule has 2 aromatic carbocycles. The first kappa shape index (κ1) is 19.4. The predicted octanol–water partition coefficient (Wildman–Crippen LogP) is 2.57. The van der Waals surface area contributed by atoms with Gasteiger partial charge in [-0.15, -0.1) is 0 Å². The second-order valence-corrected chi connectivity index (χ2v) is 6.24. The number of nitrogens with one attached hydrogen (secondary N) is 1. The van der Waals surface area contributed by atoms with E-state index in [1.807, 2.05) is 30.3 Å². The van der Waals surface area contributed by atoms with Crippen molar-refractivity contribution < 1.29 is 14.2 Å². The van der Waals surface area contributed by atoms with E-state index in [0.29, 0.717) is 42.6 Å². The molecule has 30 heavy (non-hydrogen) atoms. The van der Waals surface area contributed by atoms with E-state index in [-0.39, 0.29) is 0 Å². The molecular formula is C20H21N7O3. The van der Waals surface area contributed by atoms with Crippen molar-refractivity contribution in [2.45, 2.75) is 0 Å². The molecular weight excluding hydrogens is 386 g/mol. The average molecular weight is 407 g/mol. The molecule has 0 aliphatic rings. The number of aromatic nitrogens is 5. The first-order valence-corrected chi connectivity index (χ1v) is 9.19. The van der Waals surface area contributed by atoms with Crippen molar-refractivity contribution in [3.63, 3.8) is 0 Å². The monoisotopic (exact) mass is 407 g/mol. The minimum atomic E-state index is 0.299. The summed E-state index contributed by atoms with van der Waals surface area (Å²) in [7, 11) is 3.20. The Hall–Kier alpha value is -3.92. The molecule has 0 fully saturated rings. The van der Waals surface area contributed by atoms with Crippen LogP contribution >= 0.6 is 0 Å². The molecule has 154 valence electrons. The minimum Gasteiger partial charge on any atom is -0.493 e. The zero-order valence-corrected chi connectivity index (χ0v) is 16.6. The molecule has 0 spiro atoms. The third-order valence-electron chi connectivity index (χ3n) is 4.31. The first-order valence-electron chi connectivity index (χ1n) is 9.19. The Morgan fingerprint density at radius 1 is 1.00 bits per heavy atom. The second kappa shape index (κ2) is 8.62. The van der Waals surface area contributed by atoms with Crippen molar-refractivity contribution in [3.8, 4) is 17.4 Å². The Labute approximate surface area is 172 Å². The quantitative estimate of drug-likeness (QED) is 0.424. The third kappa shape index (κ3) is 3.94. The Bertz CT molecular complexity index is 1160. The summed E-state index contributed by atoms with van der Waals surface area (Å²) in [6, 6.07) is 13.0. The van der Waals surface area contributed by atoms with Crippen molar-refractivity contribution in [3.05, 3.63) is 48.8 Å². The highest BCUT2D eigenvalue weighted by molar-refractivity contribution is 5.80. The summed E-state index contributed by atoms with van der Waals surface area (Å²) in [4.78, 5) is 17.3. The van der Waals surface area contributed by atoms with Crippen LogP contribution in [0.2, 0.25) is 0 Å². The summed E-state index contributed by atoms with van der Waals surface area (Å²) in [6.45, 7) is 0.916. The molecule has 0 bridgehead atoms. The molecule has 0 aliphatic heterocycles. The molecule has 0 atom stereocenters. The molecule has 3 N–H and O–H groups in total. The molecule has 4 rings (SSSR count). The number of para-hydroxylation sites is 2. The van der Waals surface area contributed by atoms with Gasteiger partial charge in [0.25, 0.3) is 0 Å². The fourth-order valence-corrected chi connectivity index (χ4v) is 2.94. The van der Waals surface area contributed by atoms with E-state index in [1.54, 1.807) is 30.9 Å². The zero-order chi connectivity index (χ0) is 20.9. The number of rotatable bonds is 8. The van der Waals surface area contributed by atoms with Crippen LogP contribution in [0.25, 0.3) is 17.0 Å². The molecule has 0 radical (unpaired) electrons. The predicted molar refractivity (Wildman–Crippen MR) is 113 cm³/mol. The summed E-state index contributed by atoms with van der Waals surface area (Å²) >= 11 is 0. The number of ether oxygens (including phenoxy) is 3. The van der Waals surface area contributed by atoms with Gasteiger partial charge < -0.3 is 25.3 Å². The number of nitrogens with two attached hydrogens (primary N) is 1. The number of hydrogen-bond acceptors (Lipinski definition) is 9. The van der Waals surface area contributed by atoms with Crippen molar-refractivity contribution in [2.75, 3.05) is 38.5 Å². The smallest absolute Gasteiger partial charge is 0.241 e. The summed E-state index contributed by atoms with van der Waals surface area (Å²) in [5.74, 6) is 2.22. The lowest BCUT2D eigenvalue weighted by molar-refractivity contribution is 0.144. The summed E-state index contributed by atoms with van der Waals surface area (Å²) in [5, 5.41) is 3.15. The van der Waals surface area contributed by atoms with Crippen LogP contribution in [0.4, 0.5) is 17.6 Å². The number of methoxy groups -OCH3 is 2. The molecule has 0 saturated heterocycles. The Morgan fingerprint density at radius 3 is 2.70 bits per heavy atom. The van der Waals surface area contributed by atoms with E-state index in [9.17, 15) is 0 Å². The molecule has 0 saturated carbocycles. The lowest BCUT2D eigenvalue weighted by Crippen LogP contribution is -2.08. The topological polar surface area (TPSA) is 122 Å². The number of imidazole rings is 1. The van der Waals surface area contributed by atoms with E-state index in [4.69, 9.17) is 19.9 Å². The fraction of sp³-hybridized carbons (Fsp3) is 0.200. The van der Waals surface area contributed by atoms with Crippen LogP contribution in [0.3, 0.4) is 0 Å². The lowest BCUT2D eigenvalue weighted by Gasteiger charge is -2.13. The van der Waals surface area contributed by atoms with Gasteiger partial charge in [-0.3, -0.25) is 0 Å². The highest BCUT2D eigenvalue weighted by Crippen LogP contribution is 2.31. The molecule has 4 aromatic rings. The average Bonchev–Trinajstić information content (AvgIpc) is 3.10. The van der Waals surface area contributed by atoms with Crippen molar-refractivity contribution in [2.24, 2.45) is 0 Å². The molecule has 10 nitrogen and oxygen atoms in total. The largest absolute Gasteiger partial charge is 0.493 e. The van der Waals surface area contributed by atoms with Crippen LogP contribution in [0.1, 0.15) is 0 Å². The zero-order valence-electron chi connectivity index (χ0n) is 16.6. The number of fused-ring (bicyclic) bond motifs is 1. The number of benzene rings is 2. The van der Waals surface area contributed by atoms with E-state index in [0.717, 1.165) is 16.7 Å².